The predicted molar refractivity (Wildman–Crippen MR) is 81.9 cm³/mol. The highest BCUT2D eigenvalue weighted by molar-refractivity contribution is 5.78. The van der Waals surface area contributed by atoms with Gasteiger partial charge in [-0.25, -0.2) is 9.97 Å². The second kappa shape index (κ2) is 6.87. The van der Waals surface area contributed by atoms with Gasteiger partial charge in [0.05, 0.1) is 6.54 Å². The van der Waals surface area contributed by atoms with Gasteiger partial charge >= 0.3 is 0 Å². The molecule has 0 unspecified atom stereocenters. The van der Waals surface area contributed by atoms with Crippen molar-refractivity contribution in [2.45, 2.75) is 51.5 Å². The number of hydrogen-bond donors (Lipinski definition) is 1. The summed E-state index contributed by atoms with van der Waals surface area (Å²) in [6, 6.07) is 1.96. The van der Waals surface area contributed by atoms with E-state index in [0.717, 1.165) is 31.7 Å². The van der Waals surface area contributed by atoms with E-state index in [9.17, 15) is 4.79 Å². The molecule has 1 saturated carbocycles. The largest absolute Gasteiger partial charge is 0.357 e. The van der Waals surface area contributed by atoms with Gasteiger partial charge in [-0.05, 0) is 31.7 Å². The number of amides is 1. The van der Waals surface area contributed by atoms with Gasteiger partial charge in [0.25, 0.3) is 0 Å². The summed E-state index contributed by atoms with van der Waals surface area (Å²) in [5.41, 5.74) is 0. The Morgan fingerprint density at radius 1 is 1.19 bits per heavy atom. The minimum absolute atomic E-state index is 0.171. The average Bonchev–Trinajstić information content (AvgIpc) is 3.08. The molecular weight excluding hydrogens is 264 g/mol. The van der Waals surface area contributed by atoms with Crippen LogP contribution in [-0.2, 0) is 11.3 Å². The Labute approximate surface area is 126 Å². The van der Waals surface area contributed by atoms with Gasteiger partial charge in [-0.2, -0.15) is 0 Å². The highest BCUT2D eigenvalue weighted by Gasteiger charge is 2.21. The van der Waals surface area contributed by atoms with E-state index in [-0.39, 0.29) is 11.8 Å². The summed E-state index contributed by atoms with van der Waals surface area (Å²) in [5, 5.41) is 3.00. The lowest BCUT2D eigenvalue weighted by molar-refractivity contribution is -0.126. The Balaban J connectivity index is 1.54. The topological polar surface area (TPSA) is 58.1 Å². The van der Waals surface area contributed by atoms with Crippen molar-refractivity contribution in [3.63, 3.8) is 0 Å². The maximum atomic E-state index is 12.1. The summed E-state index contributed by atoms with van der Waals surface area (Å²) in [4.78, 5) is 23.3. The van der Waals surface area contributed by atoms with Gasteiger partial charge < -0.3 is 10.2 Å². The summed E-state index contributed by atoms with van der Waals surface area (Å²) in [6.07, 6.45) is 9.95. The number of nitrogens with one attached hydrogen (secondary N) is 1. The van der Waals surface area contributed by atoms with E-state index in [1.807, 2.05) is 6.07 Å². The molecule has 2 heterocycles. The fraction of sp³-hybridized carbons (Fsp3) is 0.688. The molecule has 1 amide bonds. The third-order valence-electron chi connectivity index (χ3n) is 4.52. The van der Waals surface area contributed by atoms with Gasteiger partial charge in [-0.15, -0.1) is 0 Å². The second-order valence-electron chi connectivity index (χ2n) is 6.08. The predicted octanol–water partition coefficient (Wildman–Crippen LogP) is 2.27. The highest BCUT2D eigenvalue weighted by Crippen LogP contribution is 2.23. The van der Waals surface area contributed by atoms with Gasteiger partial charge in [0, 0.05) is 25.2 Å². The van der Waals surface area contributed by atoms with Crippen LogP contribution in [0.4, 0.5) is 5.82 Å². The van der Waals surface area contributed by atoms with Crippen molar-refractivity contribution in [1.82, 2.24) is 15.3 Å². The SMILES string of the molecule is O=C(NCc1nccc(N2CCCC2)n1)C1CCCCC1. The first-order valence-electron chi connectivity index (χ1n) is 8.17. The van der Waals surface area contributed by atoms with Crippen LogP contribution in [0.25, 0.3) is 0 Å². The van der Waals surface area contributed by atoms with Crippen molar-refractivity contribution in [2.24, 2.45) is 5.92 Å². The number of rotatable bonds is 4. The molecule has 5 nitrogen and oxygen atoms in total. The standard InChI is InChI=1S/C16H24N4O/c21-16(13-6-2-1-3-7-13)18-12-14-17-9-8-15(19-14)20-10-4-5-11-20/h8-9,13H,1-7,10-12H2,(H,18,21). The van der Waals surface area contributed by atoms with E-state index in [2.05, 4.69) is 20.2 Å². The number of carbonyl (C=O) groups is 1. The van der Waals surface area contributed by atoms with Crippen molar-refractivity contribution < 1.29 is 4.79 Å². The van der Waals surface area contributed by atoms with E-state index in [0.29, 0.717) is 12.4 Å². The maximum absolute atomic E-state index is 12.1. The van der Waals surface area contributed by atoms with E-state index in [1.54, 1.807) is 6.20 Å². The number of nitrogens with zero attached hydrogens (tertiary/aromatic N) is 3. The second-order valence-corrected chi connectivity index (χ2v) is 6.08. The van der Waals surface area contributed by atoms with Crippen LogP contribution < -0.4 is 10.2 Å². The summed E-state index contributed by atoms with van der Waals surface area (Å²) in [5.74, 6) is 2.07. The third kappa shape index (κ3) is 3.71. The van der Waals surface area contributed by atoms with E-state index < -0.39 is 0 Å². The molecule has 2 aliphatic rings. The molecule has 21 heavy (non-hydrogen) atoms. The molecule has 0 radical (unpaired) electrons. The normalized spacial score (nSPS) is 19.7. The summed E-state index contributed by atoms with van der Waals surface area (Å²) in [7, 11) is 0. The van der Waals surface area contributed by atoms with Gasteiger partial charge in [0.15, 0.2) is 0 Å². The van der Waals surface area contributed by atoms with Crippen LogP contribution >= 0.6 is 0 Å². The Morgan fingerprint density at radius 2 is 1.95 bits per heavy atom. The number of carbonyl (C=O) groups excluding carboxylic acids is 1. The lowest BCUT2D eigenvalue weighted by atomic mass is 9.89. The van der Waals surface area contributed by atoms with Crippen LogP contribution in [0, 0.1) is 5.92 Å². The maximum Gasteiger partial charge on any atom is 0.223 e. The number of hydrogen-bond acceptors (Lipinski definition) is 4. The van der Waals surface area contributed by atoms with Gasteiger partial charge in [-0.1, -0.05) is 19.3 Å². The average molecular weight is 288 g/mol. The Hall–Kier alpha value is -1.65. The zero-order valence-electron chi connectivity index (χ0n) is 12.6. The summed E-state index contributed by atoms with van der Waals surface area (Å²) in [6.45, 7) is 2.59. The zero-order chi connectivity index (χ0) is 14.5. The molecule has 3 rings (SSSR count). The minimum Gasteiger partial charge on any atom is -0.357 e. The molecule has 1 aliphatic heterocycles. The van der Waals surface area contributed by atoms with Crippen LogP contribution in [-0.4, -0.2) is 29.0 Å². The van der Waals surface area contributed by atoms with E-state index >= 15 is 0 Å². The van der Waals surface area contributed by atoms with Crippen LogP contribution in [0.1, 0.15) is 50.8 Å². The first-order valence-corrected chi connectivity index (χ1v) is 8.17. The van der Waals surface area contributed by atoms with Crippen LogP contribution in [0.2, 0.25) is 0 Å². The molecule has 5 heteroatoms. The molecule has 1 saturated heterocycles. The minimum atomic E-state index is 0.171. The molecule has 1 aliphatic carbocycles. The molecule has 0 bridgehead atoms. The van der Waals surface area contributed by atoms with Crippen molar-refractivity contribution >= 4 is 11.7 Å². The Bertz CT molecular complexity index is 479. The molecule has 0 atom stereocenters. The summed E-state index contributed by atoms with van der Waals surface area (Å²) >= 11 is 0. The molecule has 2 fully saturated rings. The molecule has 0 spiro atoms. The van der Waals surface area contributed by atoms with E-state index in [4.69, 9.17) is 0 Å². The quantitative estimate of drug-likeness (QED) is 0.923. The van der Waals surface area contributed by atoms with Crippen molar-refractivity contribution in [3.8, 4) is 0 Å². The number of aromatic nitrogens is 2. The molecule has 0 aromatic carbocycles. The van der Waals surface area contributed by atoms with Crippen LogP contribution in [0.3, 0.4) is 0 Å². The fourth-order valence-corrected chi connectivity index (χ4v) is 3.27. The van der Waals surface area contributed by atoms with Gasteiger partial charge in [0.1, 0.15) is 11.6 Å². The lowest BCUT2D eigenvalue weighted by Gasteiger charge is -2.20. The lowest BCUT2D eigenvalue weighted by Crippen LogP contribution is -2.32. The monoisotopic (exact) mass is 288 g/mol. The first-order chi connectivity index (χ1) is 10.3. The van der Waals surface area contributed by atoms with Gasteiger partial charge in [-0.3, -0.25) is 4.79 Å². The van der Waals surface area contributed by atoms with E-state index in [1.165, 1.54) is 32.1 Å². The Morgan fingerprint density at radius 3 is 2.71 bits per heavy atom. The molecule has 1 N–H and O–H groups in total. The first kappa shape index (κ1) is 14.3. The molecule has 114 valence electrons. The van der Waals surface area contributed by atoms with Crippen molar-refractivity contribution in [3.05, 3.63) is 18.1 Å². The molecule has 1 aromatic heterocycles. The molecule has 1 aromatic rings. The van der Waals surface area contributed by atoms with Crippen molar-refractivity contribution in [1.29, 1.82) is 0 Å². The Kier molecular flexibility index (Phi) is 4.68. The van der Waals surface area contributed by atoms with Crippen LogP contribution in [0.5, 0.6) is 0 Å². The summed E-state index contributed by atoms with van der Waals surface area (Å²) < 4.78 is 0. The fourth-order valence-electron chi connectivity index (χ4n) is 3.27. The molecular formula is C16H24N4O. The zero-order valence-corrected chi connectivity index (χ0v) is 12.6. The highest BCUT2D eigenvalue weighted by atomic mass is 16.1. The third-order valence-corrected chi connectivity index (χ3v) is 4.52. The smallest absolute Gasteiger partial charge is 0.223 e. The van der Waals surface area contributed by atoms with Crippen molar-refractivity contribution in [2.75, 3.05) is 18.0 Å². The van der Waals surface area contributed by atoms with Gasteiger partial charge in [0.2, 0.25) is 5.91 Å². The van der Waals surface area contributed by atoms with Crippen LogP contribution in [0.15, 0.2) is 12.3 Å². The number of anilines is 1.